The number of allylic oxidation sites excluding steroid dienone is 1. The smallest absolute Gasteiger partial charge is 0.281 e. The Kier molecular flexibility index (Phi) is 3.85. The van der Waals surface area contributed by atoms with Crippen LogP contribution in [0.25, 0.3) is 22.6 Å². The molecule has 0 aliphatic rings. The molecule has 4 rings (SSSR count). The zero-order valence-electron chi connectivity index (χ0n) is 15.2. The number of hydrogen-bond acceptors (Lipinski definition) is 3. The van der Waals surface area contributed by atoms with Crippen molar-refractivity contribution in [3.63, 3.8) is 0 Å². The maximum absolute atomic E-state index is 13.1. The summed E-state index contributed by atoms with van der Waals surface area (Å²) in [5, 5.41) is 0.567. The highest BCUT2D eigenvalue weighted by molar-refractivity contribution is 6.32. The van der Waals surface area contributed by atoms with Gasteiger partial charge in [-0.2, -0.15) is 4.98 Å². The molecule has 0 spiro atoms. The Morgan fingerprint density at radius 2 is 1.96 bits per heavy atom. The van der Waals surface area contributed by atoms with E-state index >= 15 is 0 Å². The highest BCUT2D eigenvalue weighted by atomic mass is 35.5. The van der Waals surface area contributed by atoms with E-state index in [2.05, 4.69) is 11.6 Å². The molecule has 1 atom stereocenters. The number of aromatic nitrogens is 5. The first-order valence-corrected chi connectivity index (χ1v) is 8.83. The Hall–Kier alpha value is -3.06. The molecule has 7 nitrogen and oxygen atoms in total. The summed E-state index contributed by atoms with van der Waals surface area (Å²) in [6, 6.07) is 6.98. The Morgan fingerprint density at radius 3 is 2.63 bits per heavy atom. The van der Waals surface area contributed by atoms with Gasteiger partial charge in [-0.3, -0.25) is 22.9 Å². The van der Waals surface area contributed by atoms with Crippen LogP contribution in [0, 0.1) is 6.92 Å². The van der Waals surface area contributed by atoms with Gasteiger partial charge in [0, 0.05) is 18.9 Å². The molecule has 0 unspecified atom stereocenters. The number of benzene rings is 1. The van der Waals surface area contributed by atoms with Crippen molar-refractivity contribution in [2.24, 2.45) is 7.05 Å². The largest absolute Gasteiger partial charge is 0.333 e. The van der Waals surface area contributed by atoms with E-state index in [0.29, 0.717) is 22.0 Å². The number of rotatable bonds is 3. The molecular weight excluding hydrogens is 366 g/mol. The van der Waals surface area contributed by atoms with Crippen LogP contribution in [-0.2, 0) is 7.05 Å². The number of hydrogen-bond donors (Lipinski definition) is 0. The van der Waals surface area contributed by atoms with E-state index in [-0.39, 0.29) is 0 Å². The van der Waals surface area contributed by atoms with Gasteiger partial charge in [-0.05, 0) is 26.0 Å². The summed E-state index contributed by atoms with van der Waals surface area (Å²) in [6.45, 7) is 7.36. The van der Waals surface area contributed by atoms with Crippen molar-refractivity contribution in [1.82, 2.24) is 23.1 Å². The standard InChI is InChI=1S/C19H18ClN5O2/c1-5-11(2)25-17(26)15-16(22(4)19(25)27)21-18-23(15)10-12(3)24(18)14-9-7-6-8-13(14)20/h5-11H,1H2,2-4H3/t11-/m0/s1. The Bertz CT molecular complexity index is 1340. The second-order valence-electron chi connectivity index (χ2n) is 6.50. The predicted octanol–water partition coefficient (Wildman–Crippen LogP) is 2.85. The lowest BCUT2D eigenvalue weighted by Gasteiger charge is -2.11. The van der Waals surface area contributed by atoms with Crippen LogP contribution in [0.4, 0.5) is 0 Å². The normalized spacial score (nSPS) is 12.7. The lowest BCUT2D eigenvalue weighted by molar-refractivity contribution is 0.574. The third-order valence-corrected chi connectivity index (χ3v) is 5.14. The molecule has 4 aromatic rings. The lowest BCUT2D eigenvalue weighted by Crippen LogP contribution is -2.40. The van der Waals surface area contributed by atoms with E-state index in [1.54, 1.807) is 30.5 Å². The maximum atomic E-state index is 13.1. The van der Waals surface area contributed by atoms with E-state index < -0.39 is 17.3 Å². The quantitative estimate of drug-likeness (QED) is 0.511. The molecule has 0 N–H and O–H groups in total. The van der Waals surface area contributed by atoms with Crippen LogP contribution in [-0.4, -0.2) is 23.1 Å². The molecule has 0 fully saturated rings. The van der Waals surface area contributed by atoms with Gasteiger partial charge in [-0.1, -0.05) is 29.8 Å². The van der Waals surface area contributed by atoms with E-state index in [4.69, 9.17) is 11.6 Å². The van der Waals surface area contributed by atoms with Crippen molar-refractivity contribution in [3.05, 3.63) is 74.7 Å². The summed E-state index contributed by atoms with van der Waals surface area (Å²) in [5.74, 6) is 0.520. The molecule has 3 aromatic heterocycles. The van der Waals surface area contributed by atoms with Crippen LogP contribution < -0.4 is 11.2 Å². The third-order valence-electron chi connectivity index (χ3n) is 4.82. The zero-order chi connectivity index (χ0) is 19.5. The molecule has 0 saturated heterocycles. The Labute approximate surface area is 159 Å². The van der Waals surface area contributed by atoms with E-state index in [9.17, 15) is 9.59 Å². The summed E-state index contributed by atoms with van der Waals surface area (Å²) in [6.07, 6.45) is 3.38. The van der Waals surface area contributed by atoms with Gasteiger partial charge in [0.25, 0.3) is 5.56 Å². The number of imidazole rings is 2. The number of para-hydroxylation sites is 1. The van der Waals surface area contributed by atoms with Crippen LogP contribution in [0.5, 0.6) is 0 Å². The minimum Gasteiger partial charge on any atom is -0.281 e. The topological polar surface area (TPSA) is 66.2 Å². The maximum Gasteiger partial charge on any atom is 0.333 e. The third kappa shape index (κ3) is 2.31. The first-order valence-electron chi connectivity index (χ1n) is 8.46. The lowest BCUT2D eigenvalue weighted by atomic mass is 10.3. The summed E-state index contributed by atoms with van der Waals surface area (Å²) >= 11 is 6.37. The first-order chi connectivity index (χ1) is 12.9. The van der Waals surface area contributed by atoms with Gasteiger partial charge in [0.2, 0.25) is 5.78 Å². The monoisotopic (exact) mass is 383 g/mol. The van der Waals surface area contributed by atoms with Gasteiger partial charge in [-0.15, -0.1) is 6.58 Å². The average molecular weight is 384 g/mol. The van der Waals surface area contributed by atoms with Crippen LogP contribution in [0.2, 0.25) is 5.02 Å². The molecule has 27 heavy (non-hydrogen) atoms. The van der Waals surface area contributed by atoms with Crippen molar-refractivity contribution < 1.29 is 0 Å². The van der Waals surface area contributed by atoms with Crippen LogP contribution in [0.3, 0.4) is 0 Å². The number of nitrogens with zero attached hydrogens (tertiary/aromatic N) is 5. The molecule has 3 heterocycles. The highest BCUT2D eigenvalue weighted by Crippen LogP contribution is 2.26. The van der Waals surface area contributed by atoms with Gasteiger partial charge in [-0.25, -0.2) is 4.79 Å². The molecule has 0 aliphatic carbocycles. The van der Waals surface area contributed by atoms with Crippen molar-refractivity contribution in [2.45, 2.75) is 19.9 Å². The van der Waals surface area contributed by atoms with Crippen LogP contribution in [0.1, 0.15) is 18.7 Å². The predicted molar refractivity (Wildman–Crippen MR) is 106 cm³/mol. The minimum absolute atomic E-state index is 0.327. The molecule has 8 heteroatoms. The molecule has 0 amide bonds. The van der Waals surface area contributed by atoms with Crippen molar-refractivity contribution in [2.75, 3.05) is 0 Å². The van der Waals surface area contributed by atoms with E-state index in [1.807, 2.05) is 35.9 Å². The van der Waals surface area contributed by atoms with Crippen molar-refractivity contribution in [3.8, 4) is 5.69 Å². The van der Waals surface area contributed by atoms with Gasteiger partial charge in [0.05, 0.1) is 16.8 Å². The van der Waals surface area contributed by atoms with Gasteiger partial charge in [0.15, 0.2) is 11.2 Å². The fourth-order valence-electron chi connectivity index (χ4n) is 3.37. The molecule has 0 aliphatic heterocycles. The number of fused-ring (bicyclic) bond motifs is 3. The SMILES string of the molecule is C=C[C@H](C)n1c(=O)c2c(nc3n(-c4ccccc4Cl)c(C)cn23)n(C)c1=O. The van der Waals surface area contributed by atoms with Crippen LogP contribution >= 0.6 is 11.6 Å². The van der Waals surface area contributed by atoms with Gasteiger partial charge in [0.1, 0.15) is 0 Å². The molecule has 1 aromatic carbocycles. The fourth-order valence-corrected chi connectivity index (χ4v) is 3.59. The van der Waals surface area contributed by atoms with Crippen molar-refractivity contribution >= 4 is 28.5 Å². The second-order valence-corrected chi connectivity index (χ2v) is 6.91. The number of aryl methyl sites for hydroxylation is 2. The minimum atomic E-state index is -0.432. The van der Waals surface area contributed by atoms with E-state index in [0.717, 1.165) is 11.4 Å². The summed E-state index contributed by atoms with van der Waals surface area (Å²) in [4.78, 5) is 30.4. The average Bonchev–Trinajstić information content (AvgIpc) is 3.15. The first kappa shape index (κ1) is 17.4. The summed E-state index contributed by atoms with van der Waals surface area (Å²) in [5.41, 5.74) is 1.46. The highest BCUT2D eigenvalue weighted by Gasteiger charge is 2.22. The molecule has 0 saturated carbocycles. The number of halogens is 1. The summed E-state index contributed by atoms with van der Waals surface area (Å²) in [7, 11) is 1.61. The molecule has 0 radical (unpaired) electrons. The van der Waals surface area contributed by atoms with Gasteiger partial charge >= 0.3 is 5.69 Å². The molecular formula is C19H18ClN5O2. The zero-order valence-corrected chi connectivity index (χ0v) is 15.9. The van der Waals surface area contributed by atoms with Crippen LogP contribution in [0.15, 0.2) is 52.7 Å². The summed E-state index contributed by atoms with van der Waals surface area (Å²) < 4.78 is 6.15. The van der Waals surface area contributed by atoms with Crippen molar-refractivity contribution in [1.29, 1.82) is 0 Å². The van der Waals surface area contributed by atoms with Gasteiger partial charge < -0.3 is 0 Å². The Morgan fingerprint density at radius 1 is 1.26 bits per heavy atom. The van der Waals surface area contributed by atoms with E-state index in [1.165, 1.54) is 9.13 Å². The molecule has 138 valence electrons. The fraction of sp³-hybridized carbons (Fsp3) is 0.211. The second kappa shape index (κ2) is 5.99. The Balaban J connectivity index is 2.20. The molecule has 0 bridgehead atoms.